The number of fused-ring (bicyclic) bond motifs is 2. The molecule has 2 atom stereocenters. The van der Waals surface area contributed by atoms with Crippen molar-refractivity contribution in [2.24, 2.45) is 5.84 Å². The van der Waals surface area contributed by atoms with Gasteiger partial charge in [-0.25, -0.2) is 30.1 Å². The summed E-state index contributed by atoms with van der Waals surface area (Å²) in [5.41, 5.74) is -0.202. The van der Waals surface area contributed by atoms with Gasteiger partial charge in [-0.05, 0) is 38.0 Å². The van der Waals surface area contributed by atoms with Crippen molar-refractivity contribution in [3.63, 3.8) is 0 Å². The molecule has 2 heterocycles. The Morgan fingerprint density at radius 1 is 1.26 bits per heavy atom. The number of hydrogen-bond donors (Lipinski definition) is 2. The molecular weight excluding hydrogens is 466 g/mol. The van der Waals surface area contributed by atoms with E-state index >= 15 is 0 Å². The van der Waals surface area contributed by atoms with Crippen molar-refractivity contribution in [1.82, 2.24) is 14.8 Å². The molecule has 186 valence electrons. The Bertz CT molecular complexity index is 956. The highest BCUT2D eigenvalue weighted by Crippen LogP contribution is 2.37. The first-order valence-electron chi connectivity index (χ1n) is 11.4. The van der Waals surface area contributed by atoms with Crippen LogP contribution in [0.2, 0.25) is 5.02 Å². The molecule has 11 nitrogen and oxygen atoms in total. The number of urea groups is 2. The standard InChI is InChI=1S/C22H30ClN5O6/c1-3-33-16-8-7-14(11-15(16)23)25-19-27-13-22(9-5-4-6-10-22)34-17(18(29)32-2)12-26(20(27)30)21(31)28(19)24/h7-8,11,17,19,25H,3-6,9-10,12-13,24H2,1-2H3. The summed E-state index contributed by atoms with van der Waals surface area (Å²) < 4.78 is 16.7. The van der Waals surface area contributed by atoms with Gasteiger partial charge < -0.3 is 19.5 Å². The summed E-state index contributed by atoms with van der Waals surface area (Å²) in [7, 11) is 1.25. The van der Waals surface area contributed by atoms with E-state index in [1.165, 1.54) is 12.0 Å². The zero-order valence-corrected chi connectivity index (χ0v) is 20.0. The number of ether oxygens (including phenoxy) is 3. The average Bonchev–Trinajstić information content (AvgIpc) is 2.83. The highest BCUT2D eigenvalue weighted by Gasteiger charge is 2.52. The normalized spacial score (nSPS) is 24.5. The van der Waals surface area contributed by atoms with E-state index in [9.17, 15) is 14.4 Å². The molecule has 12 heteroatoms. The van der Waals surface area contributed by atoms with Crippen molar-refractivity contribution in [1.29, 1.82) is 0 Å². The number of hydrazine groups is 1. The van der Waals surface area contributed by atoms with E-state index in [0.717, 1.165) is 29.2 Å². The van der Waals surface area contributed by atoms with Crippen molar-refractivity contribution in [2.75, 3.05) is 32.1 Å². The van der Waals surface area contributed by atoms with Crippen molar-refractivity contribution < 1.29 is 28.6 Å². The molecule has 1 saturated carbocycles. The summed E-state index contributed by atoms with van der Waals surface area (Å²) in [6, 6.07) is 3.77. The van der Waals surface area contributed by atoms with E-state index in [1.807, 2.05) is 6.92 Å². The Balaban J connectivity index is 1.67. The molecular formula is C22H30ClN5O6. The molecule has 0 aromatic heterocycles. The minimum Gasteiger partial charge on any atom is -0.492 e. The number of rotatable bonds is 5. The van der Waals surface area contributed by atoms with E-state index in [0.29, 0.717) is 35.9 Å². The molecule has 34 heavy (non-hydrogen) atoms. The van der Waals surface area contributed by atoms with Crippen LogP contribution in [0.1, 0.15) is 39.0 Å². The number of carbonyl (C=O) groups excluding carboxylic acids is 3. The highest BCUT2D eigenvalue weighted by atomic mass is 35.5. The molecule has 0 radical (unpaired) electrons. The quantitative estimate of drug-likeness (QED) is 0.362. The summed E-state index contributed by atoms with van der Waals surface area (Å²) in [5, 5.41) is 4.47. The second-order valence-electron chi connectivity index (χ2n) is 8.68. The van der Waals surface area contributed by atoms with E-state index in [2.05, 4.69) is 5.32 Å². The van der Waals surface area contributed by atoms with Crippen molar-refractivity contribution in [2.45, 2.75) is 57.0 Å². The number of imide groups is 1. The van der Waals surface area contributed by atoms with Gasteiger partial charge in [0.2, 0.25) is 0 Å². The Hall–Kier alpha value is -2.76. The summed E-state index contributed by atoms with van der Waals surface area (Å²) in [6.07, 6.45) is 2.12. The number of esters is 1. The number of hydrogen-bond acceptors (Lipinski definition) is 8. The maximum atomic E-state index is 13.5. The first-order valence-corrected chi connectivity index (χ1v) is 11.8. The highest BCUT2D eigenvalue weighted by molar-refractivity contribution is 6.32. The number of anilines is 1. The van der Waals surface area contributed by atoms with Crippen LogP contribution in [0.25, 0.3) is 0 Å². The van der Waals surface area contributed by atoms with Gasteiger partial charge in [0.15, 0.2) is 12.4 Å². The third kappa shape index (κ3) is 4.59. The lowest BCUT2D eigenvalue weighted by atomic mass is 9.83. The Labute approximate surface area is 203 Å². The van der Waals surface area contributed by atoms with E-state index in [4.69, 9.17) is 31.7 Å². The molecule has 2 saturated heterocycles. The number of nitrogens with zero attached hydrogens (tertiary/aromatic N) is 3. The van der Waals surface area contributed by atoms with Gasteiger partial charge in [0.05, 0.1) is 37.4 Å². The van der Waals surface area contributed by atoms with Crippen LogP contribution in [0, 0.1) is 0 Å². The van der Waals surface area contributed by atoms with Gasteiger partial charge in [0.1, 0.15) is 5.75 Å². The predicted octanol–water partition coefficient (Wildman–Crippen LogP) is 2.74. The molecule has 3 fully saturated rings. The number of halogens is 1. The van der Waals surface area contributed by atoms with Crippen LogP contribution in [0.3, 0.4) is 0 Å². The Kier molecular flexibility index (Phi) is 7.06. The molecule has 1 spiro atoms. The fourth-order valence-corrected chi connectivity index (χ4v) is 5.02. The number of methoxy groups -OCH3 is 1. The first kappa shape index (κ1) is 24.4. The Morgan fingerprint density at radius 2 is 2.00 bits per heavy atom. The summed E-state index contributed by atoms with van der Waals surface area (Å²) in [6.45, 7) is 2.19. The fourth-order valence-electron chi connectivity index (χ4n) is 4.78. The lowest BCUT2D eigenvalue weighted by molar-refractivity contribution is -0.182. The van der Waals surface area contributed by atoms with Crippen molar-refractivity contribution in [3.05, 3.63) is 23.2 Å². The number of nitrogens with one attached hydrogen (secondary N) is 1. The number of carbonyl (C=O) groups is 3. The molecule has 2 bridgehead atoms. The molecule has 4 amide bonds. The number of nitrogens with two attached hydrogens (primary N) is 1. The maximum absolute atomic E-state index is 13.5. The Morgan fingerprint density at radius 3 is 2.65 bits per heavy atom. The minimum atomic E-state index is -1.08. The van der Waals surface area contributed by atoms with Gasteiger partial charge in [-0.1, -0.05) is 30.9 Å². The van der Waals surface area contributed by atoms with Crippen LogP contribution in [-0.2, 0) is 14.3 Å². The zero-order valence-electron chi connectivity index (χ0n) is 19.3. The zero-order chi connectivity index (χ0) is 24.5. The first-order chi connectivity index (χ1) is 16.3. The molecule has 3 aliphatic rings. The van der Waals surface area contributed by atoms with Crippen LogP contribution in [0.5, 0.6) is 5.75 Å². The summed E-state index contributed by atoms with van der Waals surface area (Å²) in [5.74, 6) is 6.09. The summed E-state index contributed by atoms with van der Waals surface area (Å²) >= 11 is 6.32. The van der Waals surface area contributed by atoms with E-state index < -0.39 is 36.0 Å². The van der Waals surface area contributed by atoms with Gasteiger partial charge >= 0.3 is 18.0 Å². The summed E-state index contributed by atoms with van der Waals surface area (Å²) in [4.78, 5) is 41.3. The molecule has 1 aromatic rings. The topological polar surface area (TPSA) is 127 Å². The molecule has 4 rings (SSSR count). The van der Waals surface area contributed by atoms with E-state index in [1.54, 1.807) is 18.2 Å². The maximum Gasteiger partial charge on any atom is 0.345 e. The molecule has 3 N–H and O–H groups in total. The lowest BCUT2D eigenvalue weighted by Gasteiger charge is -2.52. The fraction of sp³-hybridized carbons (Fsp3) is 0.591. The van der Waals surface area contributed by atoms with Crippen molar-refractivity contribution >= 4 is 35.3 Å². The lowest BCUT2D eigenvalue weighted by Crippen LogP contribution is -2.74. The van der Waals surface area contributed by atoms with Crippen LogP contribution < -0.4 is 15.9 Å². The monoisotopic (exact) mass is 495 g/mol. The van der Waals surface area contributed by atoms with Crippen molar-refractivity contribution in [3.8, 4) is 5.75 Å². The van der Waals surface area contributed by atoms with E-state index in [-0.39, 0.29) is 13.1 Å². The van der Waals surface area contributed by atoms with Crippen LogP contribution in [0.15, 0.2) is 18.2 Å². The van der Waals surface area contributed by atoms with Gasteiger partial charge in [-0.3, -0.25) is 4.90 Å². The average molecular weight is 496 g/mol. The molecule has 1 aliphatic carbocycles. The van der Waals surface area contributed by atoms with Gasteiger partial charge in [0.25, 0.3) is 0 Å². The third-order valence-corrected chi connectivity index (χ3v) is 6.74. The molecule has 2 aliphatic heterocycles. The number of benzene rings is 1. The molecule has 1 aromatic carbocycles. The third-order valence-electron chi connectivity index (χ3n) is 6.44. The van der Waals surface area contributed by atoms with Gasteiger partial charge in [0, 0.05) is 5.69 Å². The van der Waals surface area contributed by atoms with Crippen LogP contribution in [-0.4, -0.2) is 77.6 Å². The minimum absolute atomic E-state index is 0.152. The van der Waals surface area contributed by atoms with Crippen LogP contribution >= 0.6 is 11.6 Å². The smallest absolute Gasteiger partial charge is 0.345 e. The predicted molar refractivity (Wildman–Crippen MR) is 123 cm³/mol. The van der Waals surface area contributed by atoms with Gasteiger partial charge in [-0.2, -0.15) is 0 Å². The van der Waals surface area contributed by atoms with Gasteiger partial charge in [-0.15, -0.1) is 0 Å². The number of amides is 4. The SMILES string of the molecule is CCOc1ccc(NC2N(N)C(=O)N3CC(C(=O)OC)OC4(CCCCC4)CN2C3=O)cc1Cl. The second kappa shape index (κ2) is 9.85. The largest absolute Gasteiger partial charge is 0.492 e. The van der Waals surface area contributed by atoms with Crippen LogP contribution in [0.4, 0.5) is 15.3 Å². The molecule has 2 unspecified atom stereocenters. The second-order valence-corrected chi connectivity index (χ2v) is 9.09.